The number of carbonyl (C=O) groups is 2. The second-order valence-corrected chi connectivity index (χ2v) is 8.97. The van der Waals surface area contributed by atoms with Crippen LogP contribution in [0.1, 0.15) is 32.0 Å². The van der Waals surface area contributed by atoms with E-state index in [9.17, 15) is 9.59 Å². The van der Waals surface area contributed by atoms with Crippen LogP contribution >= 0.6 is 0 Å². The van der Waals surface area contributed by atoms with Crippen LogP contribution in [0.3, 0.4) is 0 Å². The van der Waals surface area contributed by atoms with Crippen molar-refractivity contribution >= 4 is 39.9 Å². The molecule has 4 aromatic rings. The third-order valence-electron chi connectivity index (χ3n) is 6.51. The number of nitrogens with one attached hydrogen (secondary N) is 2. The van der Waals surface area contributed by atoms with Crippen molar-refractivity contribution in [1.29, 1.82) is 5.41 Å². The number of nitrogens with zero attached hydrogens (tertiary/aromatic N) is 2. The van der Waals surface area contributed by atoms with Crippen molar-refractivity contribution in [2.24, 2.45) is 11.5 Å². The van der Waals surface area contributed by atoms with Gasteiger partial charge >= 0.3 is 0 Å². The molecule has 37 heavy (non-hydrogen) atoms. The number of primary amides is 1. The number of morpholine rings is 1. The molecule has 188 valence electrons. The number of nitrogens with two attached hydrogens (primary N) is 2. The van der Waals surface area contributed by atoms with Crippen molar-refractivity contribution in [3.63, 3.8) is 0 Å². The summed E-state index contributed by atoms with van der Waals surface area (Å²) < 4.78 is 7.34. The topological polar surface area (TPSA) is 139 Å². The number of amides is 2. The minimum atomic E-state index is -0.497. The van der Waals surface area contributed by atoms with Gasteiger partial charge in [-0.15, -0.1) is 0 Å². The van der Waals surface area contributed by atoms with Gasteiger partial charge in [0.05, 0.1) is 13.2 Å². The fourth-order valence-electron chi connectivity index (χ4n) is 4.53. The van der Waals surface area contributed by atoms with Gasteiger partial charge in [-0.2, -0.15) is 0 Å². The Bertz CT molecular complexity index is 1490. The van der Waals surface area contributed by atoms with Crippen LogP contribution in [-0.2, 0) is 11.3 Å². The minimum Gasteiger partial charge on any atom is -0.384 e. The summed E-state index contributed by atoms with van der Waals surface area (Å²) in [7, 11) is 0. The van der Waals surface area contributed by atoms with Crippen LogP contribution in [-0.4, -0.2) is 48.5 Å². The number of fused-ring (bicyclic) bond motifs is 1. The van der Waals surface area contributed by atoms with Gasteiger partial charge in [0.1, 0.15) is 11.5 Å². The molecule has 0 saturated carbocycles. The molecule has 0 atom stereocenters. The number of ether oxygens (including phenoxy) is 1. The Morgan fingerprint density at radius 1 is 0.919 bits per heavy atom. The average molecular weight is 497 g/mol. The molecule has 1 aliphatic rings. The average Bonchev–Trinajstić information content (AvgIpc) is 3.27. The summed E-state index contributed by atoms with van der Waals surface area (Å²) in [6, 6.07) is 22.0. The predicted octanol–water partition coefficient (Wildman–Crippen LogP) is 3.16. The first-order valence-corrected chi connectivity index (χ1v) is 12.0. The zero-order valence-electron chi connectivity index (χ0n) is 20.2. The summed E-state index contributed by atoms with van der Waals surface area (Å²) in [5.74, 6) is -0.803. The highest BCUT2D eigenvalue weighted by atomic mass is 16.5. The van der Waals surface area contributed by atoms with Gasteiger partial charge in [0, 0.05) is 53.0 Å². The molecule has 0 aliphatic carbocycles. The number of hydrogen-bond donors (Lipinski definition) is 4. The number of benzene rings is 3. The van der Waals surface area contributed by atoms with E-state index in [0.717, 1.165) is 35.2 Å². The summed E-state index contributed by atoms with van der Waals surface area (Å²) in [6.07, 6.45) is 0. The van der Waals surface area contributed by atoms with Crippen molar-refractivity contribution in [1.82, 2.24) is 4.57 Å². The molecule has 6 N–H and O–H groups in total. The lowest BCUT2D eigenvalue weighted by Gasteiger charge is -2.29. The lowest BCUT2D eigenvalue weighted by Crippen LogP contribution is -2.36. The summed E-state index contributed by atoms with van der Waals surface area (Å²) in [4.78, 5) is 27.3. The molecule has 0 radical (unpaired) electrons. The van der Waals surface area contributed by atoms with Crippen LogP contribution in [0.2, 0.25) is 0 Å². The highest BCUT2D eigenvalue weighted by molar-refractivity contribution is 6.07. The molecule has 9 heteroatoms. The van der Waals surface area contributed by atoms with Crippen molar-refractivity contribution < 1.29 is 14.3 Å². The van der Waals surface area contributed by atoms with Gasteiger partial charge in [-0.3, -0.25) is 15.0 Å². The quantitative estimate of drug-likeness (QED) is 0.230. The second kappa shape index (κ2) is 10.2. The Labute approximate surface area is 214 Å². The van der Waals surface area contributed by atoms with Gasteiger partial charge in [-0.05, 0) is 48.0 Å². The fourth-order valence-corrected chi connectivity index (χ4v) is 4.53. The van der Waals surface area contributed by atoms with Crippen LogP contribution < -0.4 is 21.7 Å². The first-order chi connectivity index (χ1) is 17.9. The lowest BCUT2D eigenvalue weighted by atomic mass is 10.1. The van der Waals surface area contributed by atoms with Crippen LogP contribution in [0.15, 0.2) is 72.8 Å². The summed E-state index contributed by atoms with van der Waals surface area (Å²) in [5.41, 5.74) is 16.0. The normalized spacial score (nSPS) is 13.5. The molecule has 2 amide bonds. The zero-order chi connectivity index (χ0) is 25.9. The van der Waals surface area contributed by atoms with Gasteiger partial charge in [-0.25, -0.2) is 0 Å². The summed E-state index contributed by atoms with van der Waals surface area (Å²) in [5, 5.41) is 11.7. The Hall–Kier alpha value is -4.63. The zero-order valence-corrected chi connectivity index (χ0v) is 20.2. The summed E-state index contributed by atoms with van der Waals surface area (Å²) >= 11 is 0. The lowest BCUT2D eigenvalue weighted by molar-refractivity contribution is 0.0997. The van der Waals surface area contributed by atoms with Crippen LogP contribution in [0.4, 0.5) is 11.4 Å². The Morgan fingerprint density at radius 2 is 1.65 bits per heavy atom. The van der Waals surface area contributed by atoms with Crippen LogP contribution in [0.25, 0.3) is 10.9 Å². The van der Waals surface area contributed by atoms with Gasteiger partial charge in [0.2, 0.25) is 5.91 Å². The number of rotatable bonds is 7. The maximum atomic E-state index is 13.6. The number of aromatic nitrogens is 1. The largest absolute Gasteiger partial charge is 0.384 e. The molecule has 9 nitrogen and oxygen atoms in total. The summed E-state index contributed by atoms with van der Waals surface area (Å²) in [6.45, 7) is 3.34. The van der Waals surface area contributed by atoms with E-state index in [0.29, 0.717) is 42.3 Å². The molecule has 0 unspecified atom stereocenters. The van der Waals surface area contributed by atoms with E-state index >= 15 is 0 Å². The van der Waals surface area contributed by atoms with E-state index in [2.05, 4.69) is 10.2 Å². The molecule has 3 aromatic carbocycles. The molecule has 1 aromatic heterocycles. The minimum absolute atomic E-state index is 0.0496. The smallest absolute Gasteiger partial charge is 0.272 e. The second-order valence-electron chi connectivity index (χ2n) is 8.97. The van der Waals surface area contributed by atoms with Gasteiger partial charge in [0.25, 0.3) is 5.91 Å². The van der Waals surface area contributed by atoms with Crippen molar-refractivity contribution in [3.05, 3.63) is 95.2 Å². The van der Waals surface area contributed by atoms with Crippen LogP contribution in [0, 0.1) is 5.41 Å². The number of nitrogen functional groups attached to an aromatic ring is 1. The standard InChI is InChI=1S/C28H28N6O3/c29-26(30)21-9-8-20-14-25(34(24(20)15-21)17-18-4-6-19(7-5-18)27(31)35)28(36)32-22-2-1-3-23(16-22)33-10-12-37-13-11-33/h1-9,14-16H,10-13,17H2,(H3,29,30)(H2,31,35)(H,32,36). The van der Waals surface area contributed by atoms with Gasteiger partial charge in [0.15, 0.2) is 0 Å². The molecular weight excluding hydrogens is 468 g/mol. The molecule has 1 aliphatic heterocycles. The highest BCUT2D eigenvalue weighted by Crippen LogP contribution is 2.25. The molecule has 0 spiro atoms. The van der Waals surface area contributed by atoms with E-state index in [1.54, 1.807) is 18.2 Å². The highest BCUT2D eigenvalue weighted by Gasteiger charge is 2.18. The van der Waals surface area contributed by atoms with E-state index in [4.69, 9.17) is 21.6 Å². The molecule has 2 heterocycles. The van der Waals surface area contributed by atoms with Crippen molar-refractivity contribution in [2.75, 3.05) is 36.5 Å². The molecular formula is C28H28N6O3. The Morgan fingerprint density at radius 3 is 2.35 bits per heavy atom. The third-order valence-corrected chi connectivity index (χ3v) is 6.51. The number of amidine groups is 1. The maximum absolute atomic E-state index is 13.6. The molecule has 5 rings (SSSR count). The monoisotopic (exact) mass is 496 g/mol. The van der Waals surface area contributed by atoms with E-state index in [1.165, 1.54) is 0 Å². The Kier molecular flexibility index (Phi) is 6.61. The van der Waals surface area contributed by atoms with E-state index < -0.39 is 5.91 Å². The van der Waals surface area contributed by atoms with Crippen LogP contribution in [0.5, 0.6) is 0 Å². The van der Waals surface area contributed by atoms with E-state index in [1.807, 2.05) is 59.2 Å². The molecule has 1 saturated heterocycles. The SMILES string of the molecule is N=C(N)c1ccc2cc(C(=O)Nc3cccc(N4CCOCC4)c3)n(Cc3ccc(C(N)=O)cc3)c2c1. The van der Waals surface area contributed by atoms with Gasteiger partial charge in [-0.1, -0.05) is 30.3 Å². The number of carbonyl (C=O) groups excluding carboxylic acids is 2. The molecule has 1 fully saturated rings. The number of anilines is 2. The van der Waals surface area contributed by atoms with Crippen molar-refractivity contribution in [3.8, 4) is 0 Å². The van der Waals surface area contributed by atoms with Gasteiger partial charge < -0.3 is 31.0 Å². The van der Waals surface area contributed by atoms with E-state index in [-0.39, 0.29) is 11.7 Å². The molecule has 0 bridgehead atoms. The third kappa shape index (κ3) is 5.17. The first-order valence-electron chi connectivity index (χ1n) is 12.0. The number of hydrogen-bond acceptors (Lipinski definition) is 5. The van der Waals surface area contributed by atoms with Crippen molar-refractivity contribution in [2.45, 2.75) is 6.54 Å². The predicted molar refractivity (Wildman–Crippen MR) is 144 cm³/mol. The first kappa shape index (κ1) is 24.1. The fraction of sp³-hybridized carbons (Fsp3) is 0.179. The Balaban J connectivity index is 1.49. The maximum Gasteiger partial charge on any atom is 0.272 e.